The van der Waals surface area contributed by atoms with Gasteiger partial charge < -0.3 is 14.6 Å². The van der Waals surface area contributed by atoms with Gasteiger partial charge in [-0.1, -0.05) is 36.4 Å². The lowest BCUT2D eigenvalue weighted by Crippen LogP contribution is -2.03. The molecule has 0 bridgehead atoms. The van der Waals surface area contributed by atoms with Gasteiger partial charge in [0.15, 0.2) is 6.26 Å². The van der Waals surface area contributed by atoms with Gasteiger partial charge in [0.25, 0.3) is 6.29 Å². The summed E-state index contributed by atoms with van der Waals surface area (Å²) in [6.07, 6.45) is 4.27. The second-order valence-corrected chi connectivity index (χ2v) is 2.85. The average Bonchev–Trinajstić information content (AvgIpc) is 2.63. The second kappa shape index (κ2) is 3.87. The molecule has 0 aliphatic carbocycles. The zero-order valence-corrected chi connectivity index (χ0v) is 7.46. The molecule has 1 aromatic rings. The van der Waals surface area contributed by atoms with E-state index >= 15 is 0 Å². The van der Waals surface area contributed by atoms with Crippen molar-refractivity contribution in [2.24, 2.45) is 0 Å². The molecule has 0 saturated carbocycles. The van der Waals surface area contributed by atoms with Crippen LogP contribution in [0.3, 0.4) is 0 Å². The van der Waals surface area contributed by atoms with Crippen molar-refractivity contribution in [2.45, 2.75) is 6.29 Å². The molecule has 0 amide bonds. The highest BCUT2D eigenvalue weighted by Crippen LogP contribution is 2.13. The van der Waals surface area contributed by atoms with E-state index in [4.69, 9.17) is 14.6 Å². The summed E-state index contributed by atoms with van der Waals surface area (Å²) < 4.78 is 9.86. The topological polar surface area (TPSA) is 38.7 Å². The van der Waals surface area contributed by atoms with Crippen LogP contribution in [-0.2, 0) is 9.47 Å². The first-order valence-electron chi connectivity index (χ1n) is 4.29. The number of rotatable bonds is 2. The minimum atomic E-state index is -0.518. The Morgan fingerprint density at radius 2 is 2.00 bits per heavy atom. The molecule has 14 heavy (non-hydrogen) atoms. The Labute approximate surface area is 81.9 Å². The maximum atomic E-state index is 8.88. The van der Waals surface area contributed by atoms with E-state index in [1.54, 1.807) is 6.08 Å². The molecule has 3 nitrogen and oxygen atoms in total. The van der Waals surface area contributed by atoms with Crippen LogP contribution in [0.15, 0.2) is 48.6 Å². The number of aliphatic hydroxyl groups is 1. The van der Waals surface area contributed by atoms with Crippen molar-refractivity contribution in [2.75, 3.05) is 0 Å². The van der Waals surface area contributed by atoms with Gasteiger partial charge in [-0.05, 0) is 11.6 Å². The fraction of sp³-hybridized carbons (Fsp3) is 0.0909. The number of hydrogen-bond acceptors (Lipinski definition) is 3. The Morgan fingerprint density at radius 3 is 2.64 bits per heavy atom. The first-order chi connectivity index (χ1) is 6.84. The van der Waals surface area contributed by atoms with Crippen LogP contribution in [-0.4, -0.2) is 11.4 Å². The third-order valence-corrected chi connectivity index (χ3v) is 1.79. The zero-order chi connectivity index (χ0) is 9.80. The Bertz CT molecular complexity index is 354. The van der Waals surface area contributed by atoms with Crippen molar-refractivity contribution < 1.29 is 14.6 Å². The summed E-state index contributed by atoms with van der Waals surface area (Å²) in [5.41, 5.74) is 1.06. The molecule has 1 atom stereocenters. The maximum Gasteiger partial charge on any atom is 0.316 e. The molecule has 1 heterocycles. The lowest BCUT2D eigenvalue weighted by molar-refractivity contribution is -0.0216. The molecule has 2 rings (SSSR count). The standard InChI is InChI=1S/C11H10O3/c12-10-8-13-11(14-10)7-6-9-4-2-1-3-5-9/h1-8,11-12H/b7-6+. The van der Waals surface area contributed by atoms with E-state index in [2.05, 4.69) is 0 Å². The molecule has 0 aromatic heterocycles. The summed E-state index contributed by atoms with van der Waals surface area (Å²) in [5.74, 6) is -0.187. The zero-order valence-electron chi connectivity index (χ0n) is 7.46. The average molecular weight is 190 g/mol. The second-order valence-electron chi connectivity index (χ2n) is 2.85. The van der Waals surface area contributed by atoms with Crippen LogP contribution in [0.25, 0.3) is 6.08 Å². The molecule has 0 radical (unpaired) electrons. The fourth-order valence-corrected chi connectivity index (χ4v) is 1.14. The molecule has 0 saturated heterocycles. The minimum absolute atomic E-state index is 0.187. The molecule has 3 heteroatoms. The fourth-order valence-electron chi connectivity index (χ4n) is 1.14. The van der Waals surface area contributed by atoms with Gasteiger partial charge in [0.2, 0.25) is 0 Å². The summed E-state index contributed by atoms with van der Waals surface area (Å²) in [6.45, 7) is 0. The summed E-state index contributed by atoms with van der Waals surface area (Å²) in [5, 5.41) is 8.88. The monoisotopic (exact) mass is 190 g/mol. The molecule has 1 aliphatic heterocycles. The van der Waals surface area contributed by atoms with E-state index in [1.807, 2.05) is 36.4 Å². The molecule has 72 valence electrons. The van der Waals surface area contributed by atoms with Crippen LogP contribution in [0.2, 0.25) is 0 Å². The maximum absolute atomic E-state index is 8.88. The third kappa shape index (κ3) is 2.07. The Morgan fingerprint density at radius 1 is 1.21 bits per heavy atom. The summed E-state index contributed by atoms with van der Waals surface area (Å²) in [6, 6.07) is 9.79. The lowest BCUT2D eigenvalue weighted by Gasteiger charge is -2.03. The van der Waals surface area contributed by atoms with Gasteiger partial charge in [-0.3, -0.25) is 0 Å². The SMILES string of the molecule is OC1=COC(/C=C/c2ccccc2)O1. The van der Waals surface area contributed by atoms with Crippen LogP contribution in [0, 0.1) is 0 Å². The molecule has 1 aliphatic rings. The highest BCUT2D eigenvalue weighted by Gasteiger charge is 2.14. The smallest absolute Gasteiger partial charge is 0.316 e. The number of ether oxygens (including phenoxy) is 2. The molecule has 1 aromatic carbocycles. The largest absolute Gasteiger partial charge is 0.479 e. The Hall–Kier alpha value is -1.90. The van der Waals surface area contributed by atoms with Crippen molar-refractivity contribution in [1.29, 1.82) is 0 Å². The first-order valence-corrected chi connectivity index (χ1v) is 4.29. The third-order valence-electron chi connectivity index (χ3n) is 1.79. The van der Waals surface area contributed by atoms with Crippen LogP contribution in [0.5, 0.6) is 0 Å². The first kappa shape index (κ1) is 8.69. The van der Waals surface area contributed by atoms with Crippen molar-refractivity contribution in [3.05, 3.63) is 54.2 Å². The van der Waals surface area contributed by atoms with Crippen LogP contribution in [0.1, 0.15) is 5.56 Å². The molecular weight excluding hydrogens is 180 g/mol. The summed E-state index contributed by atoms with van der Waals surface area (Å²) in [4.78, 5) is 0. The molecule has 1 N–H and O–H groups in total. The van der Waals surface area contributed by atoms with E-state index in [0.29, 0.717) is 0 Å². The minimum Gasteiger partial charge on any atom is -0.479 e. The Balaban J connectivity index is 1.96. The van der Waals surface area contributed by atoms with Gasteiger partial charge in [0.1, 0.15) is 0 Å². The quantitative estimate of drug-likeness (QED) is 0.778. The van der Waals surface area contributed by atoms with Crippen LogP contribution in [0.4, 0.5) is 0 Å². The molecule has 0 fully saturated rings. The molecular formula is C11H10O3. The Kier molecular flexibility index (Phi) is 2.40. The molecule has 0 spiro atoms. The van der Waals surface area contributed by atoms with Crippen molar-refractivity contribution in [3.63, 3.8) is 0 Å². The van der Waals surface area contributed by atoms with E-state index < -0.39 is 6.29 Å². The highest BCUT2D eigenvalue weighted by atomic mass is 16.8. The van der Waals surface area contributed by atoms with Gasteiger partial charge in [0.05, 0.1) is 0 Å². The predicted molar refractivity (Wildman–Crippen MR) is 52.1 cm³/mol. The van der Waals surface area contributed by atoms with E-state index in [9.17, 15) is 0 Å². The van der Waals surface area contributed by atoms with Gasteiger partial charge >= 0.3 is 5.95 Å². The number of benzene rings is 1. The lowest BCUT2D eigenvalue weighted by atomic mass is 10.2. The van der Waals surface area contributed by atoms with Gasteiger partial charge in [-0.2, -0.15) is 0 Å². The van der Waals surface area contributed by atoms with E-state index in [0.717, 1.165) is 5.56 Å². The van der Waals surface area contributed by atoms with Crippen molar-refractivity contribution >= 4 is 6.08 Å². The number of aliphatic hydroxyl groups excluding tert-OH is 1. The van der Waals surface area contributed by atoms with E-state index in [-0.39, 0.29) is 5.95 Å². The van der Waals surface area contributed by atoms with E-state index in [1.165, 1.54) is 6.26 Å². The van der Waals surface area contributed by atoms with Gasteiger partial charge in [-0.25, -0.2) is 0 Å². The van der Waals surface area contributed by atoms with Gasteiger partial charge in [-0.15, -0.1) is 0 Å². The van der Waals surface area contributed by atoms with Crippen molar-refractivity contribution in [1.82, 2.24) is 0 Å². The number of hydrogen-bond donors (Lipinski definition) is 1. The van der Waals surface area contributed by atoms with Crippen LogP contribution < -0.4 is 0 Å². The highest BCUT2D eigenvalue weighted by molar-refractivity contribution is 5.49. The van der Waals surface area contributed by atoms with Crippen LogP contribution >= 0.6 is 0 Å². The van der Waals surface area contributed by atoms with Crippen molar-refractivity contribution in [3.8, 4) is 0 Å². The normalized spacial score (nSPS) is 20.3. The summed E-state index contributed by atoms with van der Waals surface area (Å²) >= 11 is 0. The summed E-state index contributed by atoms with van der Waals surface area (Å²) in [7, 11) is 0. The van der Waals surface area contributed by atoms with Gasteiger partial charge in [0, 0.05) is 0 Å². The predicted octanol–water partition coefficient (Wildman–Crippen LogP) is 2.43. The molecule has 1 unspecified atom stereocenters.